The number of guanidine groups is 1. The van der Waals surface area contributed by atoms with E-state index >= 15 is 0 Å². The molecule has 66 valence electrons. The lowest BCUT2D eigenvalue weighted by Crippen LogP contribution is -2.36. The molecule has 3 nitrogen and oxygen atoms in total. The van der Waals surface area contributed by atoms with Crippen LogP contribution in [0.15, 0.2) is 4.99 Å². The second-order valence-corrected chi connectivity index (χ2v) is 3.31. The minimum absolute atomic E-state index is 0.356. The molecule has 0 unspecified atom stereocenters. The molecule has 3 heteroatoms. The van der Waals surface area contributed by atoms with E-state index in [1.54, 1.807) is 0 Å². The van der Waals surface area contributed by atoms with E-state index in [1.165, 1.54) is 0 Å². The van der Waals surface area contributed by atoms with Crippen molar-refractivity contribution in [2.24, 2.45) is 4.99 Å². The van der Waals surface area contributed by atoms with Gasteiger partial charge in [-0.05, 0) is 13.8 Å². The highest BCUT2D eigenvalue weighted by molar-refractivity contribution is 5.79. The standard InChI is InChI=1S/C8H19N3/c1-7(2)9-8(10(3)4)11(5)6/h7H,1-6H3. The summed E-state index contributed by atoms with van der Waals surface area (Å²) in [6.07, 6.45) is 0. The monoisotopic (exact) mass is 157 g/mol. The van der Waals surface area contributed by atoms with Gasteiger partial charge in [-0.25, -0.2) is 0 Å². The molecule has 0 N–H and O–H groups in total. The Labute approximate surface area is 69.7 Å². The molecule has 11 heavy (non-hydrogen) atoms. The van der Waals surface area contributed by atoms with Crippen LogP contribution in [0.4, 0.5) is 0 Å². The van der Waals surface area contributed by atoms with Gasteiger partial charge in [0.05, 0.1) is 0 Å². The molecule has 0 aromatic heterocycles. The first kappa shape index (κ1) is 10.3. The van der Waals surface area contributed by atoms with Crippen LogP contribution < -0.4 is 0 Å². The lowest BCUT2D eigenvalue weighted by atomic mass is 10.4. The molecule has 0 saturated carbocycles. The van der Waals surface area contributed by atoms with E-state index in [1.807, 2.05) is 38.0 Å². The Morgan fingerprint density at radius 3 is 1.45 bits per heavy atom. The summed E-state index contributed by atoms with van der Waals surface area (Å²) in [4.78, 5) is 8.47. The number of hydrogen-bond donors (Lipinski definition) is 0. The van der Waals surface area contributed by atoms with Gasteiger partial charge in [0.15, 0.2) is 5.96 Å². The Hall–Kier alpha value is -0.730. The summed E-state index contributed by atoms with van der Waals surface area (Å²) in [5, 5.41) is 0. The van der Waals surface area contributed by atoms with Gasteiger partial charge in [0.1, 0.15) is 0 Å². The van der Waals surface area contributed by atoms with Crippen molar-refractivity contribution in [2.45, 2.75) is 19.9 Å². The third-order valence-electron chi connectivity index (χ3n) is 1.17. The summed E-state index contributed by atoms with van der Waals surface area (Å²) >= 11 is 0. The minimum Gasteiger partial charge on any atom is -0.349 e. The average Bonchev–Trinajstić information content (AvgIpc) is 1.81. The Morgan fingerprint density at radius 1 is 1.00 bits per heavy atom. The minimum atomic E-state index is 0.356. The summed E-state index contributed by atoms with van der Waals surface area (Å²) in [6.45, 7) is 4.15. The van der Waals surface area contributed by atoms with Crippen LogP contribution in [-0.4, -0.2) is 50.0 Å². The fourth-order valence-electron chi connectivity index (χ4n) is 0.862. The number of hydrogen-bond acceptors (Lipinski definition) is 1. The van der Waals surface area contributed by atoms with Gasteiger partial charge in [0.25, 0.3) is 0 Å². The van der Waals surface area contributed by atoms with Crippen LogP contribution in [0.5, 0.6) is 0 Å². The molecular weight excluding hydrogens is 138 g/mol. The number of aliphatic imine (C=N–C) groups is 1. The Morgan fingerprint density at radius 2 is 1.36 bits per heavy atom. The zero-order valence-corrected chi connectivity index (χ0v) is 8.42. The molecule has 0 saturated heterocycles. The molecule has 0 aliphatic carbocycles. The van der Waals surface area contributed by atoms with Crippen molar-refractivity contribution in [1.82, 2.24) is 9.80 Å². The zero-order valence-electron chi connectivity index (χ0n) is 8.42. The molecule has 0 radical (unpaired) electrons. The number of nitrogens with zero attached hydrogens (tertiary/aromatic N) is 3. The largest absolute Gasteiger partial charge is 0.349 e. The summed E-state index contributed by atoms with van der Waals surface area (Å²) in [5.41, 5.74) is 0. The van der Waals surface area contributed by atoms with E-state index in [-0.39, 0.29) is 0 Å². The second kappa shape index (κ2) is 4.21. The van der Waals surface area contributed by atoms with Gasteiger partial charge in [-0.3, -0.25) is 4.99 Å². The first-order valence-corrected chi connectivity index (χ1v) is 3.87. The van der Waals surface area contributed by atoms with Crippen LogP contribution in [0.1, 0.15) is 13.8 Å². The van der Waals surface area contributed by atoms with Gasteiger partial charge in [-0.1, -0.05) is 0 Å². The fraction of sp³-hybridized carbons (Fsp3) is 0.875. The molecule has 0 heterocycles. The van der Waals surface area contributed by atoms with Gasteiger partial charge in [-0.2, -0.15) is 0 Å². The quantitative estimate of drug-likeness (QED) is 0.415. The smallest absolute Gasteiger partial charge is 0.195 e. The molecule has 0 fully saturated rings. The summed E-state index contributed by atoms with van der Waals surface area (Å²) in [5.74, 6) is 1.01. The molecule has 0 aliphatic rings. The molecule has 0 amide bonds. The fourth-order valence-corrected chi connectivity index (χ4v) is 0.862. The Balaban J connectivity index is 4.33. The molecule has 0 rings (SSSR count). The van der Waals surface area contributed by atoms with E-state index in [0.717, 1.165) is 5.96 Å². The molecule has 0 aromatic carbocycles. The third-order valence-corrected chi connectivity index (χ3v) is 1.17. The maximum absolute atomic E-state index is 4.44. The second-order valence-electron chi connectivity index (χ2n) is 3.31. The van der Waals surface area contributed by atoms with Gasteiger partial charge in [0, 0.05) is 34.2 Å². The maximum atomic E-state index is 4.44. The average molecular weight is 157 g/mol. The van der Waals surface area contributed by atoms with Crippen molar-refractivity contribution in [3.63, 3.8) is 0 Å². The van der Waals surface area contributed by atoms with Crippen molar-refractivity contribution in [2.75, 3.05) is 28.2 Å². The molecular formula is C8H19N3. The molecule has 0 aromatic rings. The summed E-state index contributed by atoms with van der Waals surface area (Å²) < 4.78 is 0. The lowest BCUT2D eigenvalue weighted by Gasteiger charge is -2.23. The third kappa shape index (κ3) is 3.86. The number of rotatable bonds is 1. The van der Waals surface area contributed by atoms with Crippen molar-refractivity contribution in [3.8, 4) is 0 Å². The van der Waals surface area contributed by atoms with E-state index in [2.05, 4.69) is 18.8 Å². The molecule has 0 bridgehead atoms. The van der Waals surface area contributed by atoms with E-state index < -0.39 is 0 Å². The van der Waals surface area contributed by atoms with E-state index in [9.17, 15) is 0 Å². The van der Waals surface area contributed by atoms with Crippen molar-refractivity contribution in [3.05, 3.63) is 0 Å². The molecule has 0 atom stereocenters. The van der Waals surface area contributed by atoms with Crippen LogP contribution in [0, 0.1) is 0 Å². The highest BCUT2D eigenvalue weighted by Gasteiger charge is 2.03. The van der Waals surface area contributed by atoms with E-state index in [4.69, 9.17) is 0 Å². The van der Waals surface area contributed by atoms with Crippen LogP contribution in [0.2, 0.25) is 0 Å². The summed E-state index contributed by atoms with van der Waals surface area (Å²) in [6, 6.07) is 0.356. The van der Waals surface area contributed by atoms with Crippen molar-refractivity contribution >= 4 is 5.96 Å². The molecule has 0 spiro atoms. The lowest BCUT2D eigenvalue weighted by molar-refractivity contribution is 0.475. The van der Waals surface area contributed by atoms with Crippen molar-refractivity contribution < 1.29 is 0 Å². The first-order chi connectivity index (χ1) is 4.95. The van der Waals surface area contributed by atoms with Crippen LogP contribution >= 0.6 is 0 Å². The highest BCUT2D eigenvalue weighted by Crippen LogP contribution is 1.93. The highest BCUT2D eigenvalue weighted by atomic mass is 15.3. The van der Waals surface area contributed by atoms with Gasteiger partial charge < -0.3 is 9.80 Å². The SMILES string of the molecule is CC(C)N=C(N(C)C)N(C)C. The normalized spacial score (nSPS) is 9.73. The summed E-state index contributed by atoms with van der Waals surface area (Å²) in [7, 11) is 8.00. The van der Waals surface area contributed by atoms with Crippen LogP contribution in [0.3, 0.4) is 0 Å². The first-order valence-electron chi connectivity index (χ1n) is 3.87. The predicted molar refractivity (Wildman–Crippen MR) is 49.9 cm³/mol. The van der Waals surface area contributed by atoms with Gasteiger partial charge >= 0.3 is 0 Å². The van der Waals surface area contributed by atoms with Gasteiger partial charge in [-0.15, -0.1) is 0 Å². The van der Waals surface area contributed by atoms with Crippen molar-refractivity contribution in [1.29, 1.82) is 0 Å². The van der Waals surface area contributed by atoms with Gasteiger partial charge in [0.2, 0.25) is 0 Å². The Bertz CT molecular complexity index is 126. The van der Waals surface area contributed by atoms with Crippen LogP contribution in [0.25, 0.3) is 0 Å². The van der Waals surface area contributed by atoms with E-state index in [0.29, 0.717) is 6.04 Å². The zero-order chi connectivity index (χ0) is 9.02. The molecule has 0 aliphatic heterocycles. The predicted octanol–water partition coefficient (Wildman–Crippen LogP) is 0.874. The Kier molecular flexibility index (Phi) is 3.93. The maximum Gasteiger partial charge on any atom is 0.195 e. The topological polar surface area (TPSA) is 18.8 Å². The van der Waals surface area contributed by atoms with Crippen LogP contribution in [-0.2, 0) is 0 Å².